The number of rotatable bonds is 4. The van der Waals surface area contributed by atoms with Gasteiger partial charge in [0.25, 0.3) is 5.91 Å². The lowest BCUT2D eigenvalue weighted by Gasteiger charge is -2.32. The van der Waals surface area contributed by atoms with Gasteiger partial charge in [0.05, 0.1) is 10.6 Å². The summed E-state index contributed by atoms with van der Waals surface area (Å²) in [6.45, 7) is 4.94. The van der Waals surface area contributed by atoms with Crippen molar-refractivity contribution < 1.29 is 23.5 Å². The number of carbonyl (C=O) groups excluding carboxylic acids is 3. The first-order valence-electron chi connectivity index (χ1n) is 10.8. The molecule has 1 heterocycles. The zero-order valence-corrected chi connectivity index (χ0v) is 20.0. The molecule has 178 valence electrons. The summed E-state index contributed by atoms with van der Waals surface area (Å²) >= 11 is 6.22. The van der Waals surface area contributed by atoms with Crippen LogP contribution in [0.1, 0.15) is 37.0 Å². The zero-order chi connectivity index (χ0) is 24.5. The Hall–Kier alpha value is -3.13. The maximum Gasteiger partial charge on any atom is 0.313 e. The molecule has 0 atom stereocenters. The Bertz CT molecular complexity index is 974. The Balaban J connectivity index is 0.00000187. The summed E-state index contributed by atoms with van der Waals surface area (Å²) in [6, 6.07) is 10.3. The zero-order valence-electron chi connectivity index (χ0n) is 19.2. The van der Waals surface area contributed by atoms with E-state index in [-0.39, 0.29) is 28.4 Å². The van der Waals surface area contributed by atoms with Crippen LogP contribution in [0.2, 0.25) is 5.02 Å². The summed E-state index contributed by atoms with van der Waals surface area (Å²) in [5, 5.41) is 2.74. The van der Waals surface area contributed by atoms with Gasteiger partial charge < -0.3 is 19.9 Å². The van der Waals surface area contributed by atoms with Gasteiger partial charge in [0.1, 0.15) is 17.7 Å². The van der Waals surface area contributed by atoms with E-state index in [1.807, 2.05) is 13.8 Å². The highest BCUT2D eigenvalue weighted by Crippen LogP contribution is 2.25. The highest BCUT2D eigenvalue weighted by Gasteiger charge is 2.26. The molecule has 3 rings (SSSR count). The monoisotopic (exact) mass is 477 g/mol. The molecule has 0 bridgehead atoms. The van der Waals surface area contributed by atoms with E-state index in [0.29, 0.717) is 37.4 Å². The minimum Gasteiger partial charge on any atom is -0.490 e. The molecule has 0 aromatic heterocycles. The first-order valence-corrected chi connectivity index (χ1v) is 11.2. The molecule has 1 saturated heterocycles. The summed E-state index contributed by atoms with van der Waals surface area (Å²) in [6.07, 6.45) is 1.16. The molecule has 1 N–H and O–H groups in total. The van der Waals surface area contributed by atoms with Gasteiger partial charge in [0.2, 0.25) is 0 Å². The Morgan fingerprint density at radius 2 is 1.67 bits per heavy atom. The van der Waals surface area contributed by atoms with E-state index in [4.69, 9.17) is 16.3 Å². The summed E-state index contributed by atoms with van der Waals surface area (Å²) in [5.41, 5.74) is 0.553. The van der Waals surface area contributed by atoms with Crippen LogP contribution in [0.4, 0.5) is 10.1 Å². The highest BCUT2D eigenvalue weighted by molar-refractivity contribution is 6.39. The fourth-order valence-electron chi connectivity index (χ4n) is 3.21. The molecule has 0 radical (unpaired) electrons. The van der Waals surface area contributed by atoms with Gasteiger partial charge in [-0.3, -0.25) is 14.4 Å². The van der Waals surface area contributed by atoms with Crippen molar-refractivity contribution in [1.29, 1.82) is 0 Å². The number of hydrogen-bond acceptors (Lipinski definition) is 4. The number of piperidine rings is 1. The summed E-state index contributed by atoms with van der Waals surface area (Å²) in [4.78, 5) is 39.5. The third kappa shape index (κ3) is 7.18. The molecule has 1 fully saturated rings. The van der Waals surface area contributed by atoms with E-state index in [0.717, 1.165) is 4.90 Å². The van der Waals surface area contributed by atoms with Crippen LogP contribution >= 0.6 is 11.6 Å². The van der Waals surface area contributed by atoms with Gasteiger partial charge in [0, 0.05) is 45.7 Å². The highest BCUT2D eigenvalue weighted by atomic mass is 35.5. The first kappa shape index (κ1) is 26.1. The first-order chi connectivity index (χ1) is 15.7. The number of nitrogens with zero attached hydrogens (tertiary/aromatic N) is 2. The lowest BCUT2D eigenvalue weighted by molar-refractivity contribution is -0.141. The van der Waals surface area contributed by atoms with E-state index in [9.17, 15) is 18.8 Å². The number of carbonyl (C=O) groups is 3. The van der Waals surface area contributed by atoms with Crippen LogP contribution in [0.3, 0.4) is 0 Å². The molecular weight excluding hydrogens is 449 g/mol. The van der Waals surface area contributed by atoms with Crippen molar-refractivity contribution in [2.24, 2.45) is 0 Å². The van der Waals surface area contributed by atoms with Crippen LogP contribution in [-0.4, -0.2) is 60.8 Å². The van der Waals surface area contributed by atoms with Crippen LogP contribution in [0, 0.1) is 5.82 Å². The number of likely N-dealkylation sites (tertiary alicyclic amines) is 1. The van der Waals surface area contributed by atoms with Gasteiger partial charge in [-0.1, -0.05) is 25.4 Å². The molecule has 33 heavy (non-hydrogen) atoms. The maximum atomic E-state index is 13.0. The van der Waals surface area contributed by atoms with Gasteiger partial charge in [0.15, 0.2) is 0 Å². The van der Waals surface area contributed by atoms with Gasteiger partial charge in [-0.2, -0.15) is 0 Å². The molecule has 7 nitrogen and oxygen atoms in total. The lowest BCUT2D eigenvalue weighted by Crippen LogP contribution is -2.42. The number of hydrogen-bond donors (Lipinski definition) is 1. The normalized spacial score (nSPS) is 13.5. The molecule has 9 heteroatoms. The minimum atomic E-state index is -0.801. The summed E-state index contributed by atoms with van der Waals surface area (Å²) < 4.78 is 18.9. The molecule has 1 aliphatic heterocycles. The van der Waals surface area contributed by atoms with Crippen LogP contribution in [0.5, 0.6) is 5.75 Å². The summed E-state index contributed by atoms with van der Waals surface area (Å²) in [7, 11) is 2.95. The molecule has 0 unspecified atom stereocenters. The maximum absolute atomic E-state index is 13.0. The van der Waals surface area contributed by atoms with Crippen molar-refractivity contribution in [3.05, 3.63) is 58.9 Å². The van der Waals surface area contributed by atoms with Crippen LogP contribution in [0.25, 0.3) is 0 Å². The number of halogens is 2. The Morgan fingerprint density at radius 3 is 2.24 bits per heavy atom. The second-order valence-corrected chi connectivity index (χ2v) is 7.82. The van der Waals surface area contributed by atoms with Crippen molar-refractivity contribution in [3.8, 4) is 5.75 Å². The van der Waals surface area contributed by atoms with E-state index in [1.54, 1.807) is 17.0 Å². The Labute approximate surface area is 198 Å². The van der Waals surface area contributed by atoms with Gasteiger partial charge in [-0.15, -0.1) is 0 Å². The smallest absolute Gasteiger partial charge is 0.313 e. The molecule has 2 aromatic rings. The second-order valence-electron chi connectivity index (χ2n) is 7.41. The second kappa shape index (κ2) is 12.2. The number of likely N-dealkylation sites (N-methyl/N-ethyl adjacent to an activating group) is 1. The largest absolute Gasteiger partial charge is 0.490 e. The van der Waals surface area contributed by atoms with E-state index in [2.05, 4.69) is 5.32 Å². The number of amides is 3. The number of ether oxygens (including phenoxy) is 1. The quantitative estimate of drug-likeness (QED) is 0.669. The lowest BCUT2D eigenvalue weighted by atomic mass is 10.1. The average Bonchev–Trinajstić information content (AvgIpc) is 2.82. The van der Waals surface area contributed by atoms with E-state index >= 15 is 0 Å². The van der Waals surface area contributed by atoms with Crippen molar-refractivity contribution >= 4 is 35.0 Å². The fraction of sp³-hybridized carbons (Fsp3) is 0.375. The Morgan fingerprint density at radius 1 is 1.06 bits per heavy atom. The van der Waals surface area contributed by atoms with Crippen LogP contribution in [-0.2, 0) is 9.59 Å². The molecular formula is C24H29ClFN3O4. The van der Waals surface area contributed by atoms with Gasteiger partial charge in [-0.25, -0.2) is 4.39 Å². The Kier molecular flexibility index (Phi) is 9.66. The number of anilines is 1. The molecule has 1 aliphatic rings. The standard InChI is InChI=1S/C22H23ClFN3O4.C2H6/c1-26(2)22(30)20(28)25-15-5-8-19(23)18(13-15)21(29)27-11-9-17(10-12-27)31-16-6-3-14(24)4-7-16;1-2/h3-8,13,17H,9-12H2,1-2H3,(H,25,28);1-2H3. The third-order valence-electron chi connectivity index (χ3n) is 4.90. The number of nitrogens with one attached hydrogen (secondary N) is 1. The molecule has 0 aliphatic carbocycles. The molecule has 0 saturated carbocycles. The van der Waals surface area contributed by atoms with Crippen LogP contribution < -0.4 is 10.1 Å². The van der Waals surface area contributed by atoms with Crippen molar-refractivity contribution in [3.63, 3.8) is 0 Å². The summed E-state index contributed by atoms with van der Waals surface area (Å²) in [5.74, 6) is -1.50. The van der Waals surface area contributed by atoms with Crippen LogP contribution in [0.15, 0.2) is 42.5 Å². The van der Waals surface area contributed by atoms with Crippen molar-refractivity contribution in [1.82, 2.24) is 9.80 Å². The van der Waals surface area contributed by atoms with E-state index in [1.165, 1.54) is 44.4 Å². The molecule has 0 spiro atoms. The average molecular weight is 478 g/mol. The van der Waals surface area contributed by atoms with Crippen molar-refractivity contribution in [2.75, 3.05) is 32.5 Å². The number of benzene rings is 2. The predicted molar refractivity (Wildman–Crippen MR) is 126 cm³/mol. The predicted octanol–water partition coefficient (Wildman–Crippen LogP) is 4.22. The molecule has 2 aromatic carbocycles. The van der Waals surface area contributed by atoms with Crippen molar-refractivity contribution in [2.45, 2.75) is 32.8 Å². The van der Waals surface area contributed by atoms with Gasteiger partial charge in [-0.05, 0) is 42.5 Å². The fourth-order valence-corrected chi connectivity index (χ4v) is 3.41. The van der Waals surface area contributed by atoms with E-state index < -0.39 is 11.8 Å². The third-order valence-corrected chi connectivity index (χ3v) is 5.23. The minimum absolute atomic E-state index is 0.0762. The topological polar surface area (TPSA) is 79.0 Å². The SMILES string of the molecule is CC.CN(C)C(=O)C(=O)Nc1ccc(Cl)c(C(=O)N2CCC(Oc3ccc(F)cc3)CC2)c1. The molecule has 3 amide bonds. The van der Waals surface area contributed by atoms with Gasteiger partial charge >= 0.3 is 11.8 Å².